The van der Waals surface area contributed by atoms with Crippen molar-refractivity contribution in [3.63, 3.8) is 0 Å². The second-order valence-corrected chi connectivity index (χ2v) is 6.97. The topological polar surface area (TPSA) is 67.6 Å². The van der Waals surface area contributed by atoms with Crippen LogP contribution in [0.1, 0.15) is 34.6 Å². The Morgan fingerprint density at radius 2 is 1.79 bits per heavy atom. The summed E-state index contributed by atoms with van der Waals surface area (Å²) in [5, 5.41) is 2.98. The van der Waals surface area contributed by atoms with Gasteiger partial charge in [0, 0.05) is 25.2 Å². The van der Waals surface area contributed by atoms with Crippen molar-refractivity contribution < 1.29 is 9.53 Å². The molecule has 1 aliphatic rings. The Balaban J connectivity index is 2.48. The number of rotatable bonds is 4. The SMILES string of the molecule is CC(C)(C)C(N)C(=O)NCC(C)(C)N1CCOCC1. The lowest BCUT2D eigenvalue weighted by Gasteiger charge is -2.41. The van der Waals surface area contributed by atoms with E-state index in [0.717, 1.165) is 26.3 Å². The zero-order valence-corrected chi connectivity index (χ0v) is 13.0. The standard InChI is InChI=1S/C14H29N3O2/c1-13(2,3)11(15)12(18)16-10-14(4,5)17-6-8-19-9-7-17/h11H,6-10,15H2,1-5H3,(H,16,18). The molecule has 3 N–H and O–H groups in total. The summed E-state index contributed by atoms with van der Waals surface area (Å²) >= 11 is 0. The van der Waals surface area contributed by atoms with Gasteiger partial charge in [0.1, 0.15) is 0 Å². The van der Waals surface area contributed by atoms with Gasteiger partial charge in [-0.2, -0.15) is 0 Å². The Labute approximate surface area is 116 Å². The lowest BCUT2D eigenvalue weighted by atomic mass is 9.87. The van der Waals surface area contributed by atoms with Gasteiger partial charge < -0.3 is 15.8 Å². The molecule has 1 fully saturated rings. The van der Waals surface area contributed by atoms with Gasteiger partial charge in [-0.3, -0.25) is 9.69 Å². The van der Waals surface area contributed by atoms with Gasteiger partial charge in [0.05, 0.1) is 19.3 Å². The quantitative estimate of drug-likeness (QED) is 0.785. The fourth-order valence-corrected chi connectivity index (χ4v) is 2.09. The summed E-state index contributed by atoms with van der Waals surface area (Å²) in [6, 6.07) is -0.479. The lowest BCUT2D eigenvalue weighted by Crippen LogP contribution is -2.58. The molecule has 0 aliphatic carbocycles. The first-order valence-electron chi connectivity index (χ1n) is 7.01. The molecule has 0 radical (unpaired) electrons. The van der Waals surface area contributed by atoms with Gasteiger partial charge in [0.15, 0.2) is 0 Å². The maximum Gasteiger partial charge on any atom is 0.237 e. The second-order valence-electron chi connectivity index (χ2n) is 6.97. The summed E-state index contributed by atoms with van der Waals surface area (Å²) in [5.41, 5.74) is 5.67. The largest absolute Gasteiger partial charge is 0.379 e. The third-order valence-corrected chi connectivity index (χ3v) is 3.78. The minimum Gasteiger partial charge on any atom is -0.379 e. The number of carbonyl (C=O) groups excluding carboxylic acids is 1. The maximum absolute atomic E-state index is 12.0. The van der Waals surface area contributed by atoms with E-state index in [4.69, 9.17) is 10.5 Å². The molecule has 5 heteroatoms. The minimum atomic E-state index is -0.479. The summed E-state index contributed by atoms with van der Waals surface area (Å²) in [6.45, 7) is 14.2. The Morgan fingerprint density at radius 1 is 1.26 bits per heavy atom. The first-order chi connectivity index (χ1) is 8.64. The monoisotopic (exact) mass is 271 g/mol. The van der Waals surface area contributed by atoms with E-state index >= 15 is 0 Å². The number of ether oxygens (including phenoxy) is 1. The fourth-order valence-electron chi connectivity index (χ4n) is 2.09. The zero-order chi connectivity index (χ0) is 14.7. The normalized spacial score (nSPS) is 20.1. The van der Waals surface area contributed by atoms with Crippen LogP contribution in [-0.4, -0.2) is 55.2 Å². The molecule has 0 aromatic rings. The van der Waals surface area contributed by atoms with E-state index in [1.165, 1.54) is 0 Å². The molecule has 19 heavy (non-hydrogen) atoms. The van der Waals surface area contributed by atoms with Gasteiger partial charge in [-0.15, -0.1) is 0 Å². The molecule has 0 bridgehead atoms. The first kappa shape index (κ1) is 16.4. The molecule has 1 heterocycles. The first-order valence-corrected chi connectivity index (χ1v) is 7.01. The molecule has 0 saturated carbocycles. The average Bonchev–Trinajstić information content (AvgIpc) is 2.35. The number of nitrogens with two attached hydrogens (primary N) is 1. The molecule has 0 aromatic carbocycles. The van der Waals surface area contributed by atoms with Gasteiger partial charge in [-0.1, -0.05) is 20.8 Å². The molecule has 0 spiro atoms. The highest BCUT2D eigenvalue weighted by molar-refractivity contribution is 5.82. The highest BCUT2D eigenvalue weighted by atomic mass is 16.5. The second kappa shape index (κ2) is 6.20. The van der Waals surface area contributed by atoms with Crippen LogP contribution in [0.3, 0.4) is 0 Å². The Kier molecular flexibility index (Phi) is 5.35. The van der Waals surface area contributed by atoms with E-state index in [1.54, 1.807) is 0 Å². The number of hydrogen-bond acceptors (Lipinski definition) is 4. The van der Waals surface area contributed by atoms with Crippen molar-refractivity contribution in [3.8, 4) is 0 Å². The molecule has 0 aromatic heterocycles. The van der Waals surface area contributed by atoms with Crippen molar-refractivity contribution in [2.75, 3.05) is 32.8 Å². The van der Waals surface area contributed by atoms with Crippen LogP contribution in [0.25, 0.3) is 0 Å². The van der Waals surface area contributed by atoms with Crippen LogP contribution in [0.4, 0.5) is 0 Å². The Morgan fingerprint density at radius 3 is 2.26 bits per heavy atom. The lowest BCUT2D eigenvalue weighted by molar-refractivity contribution is -0.125. The molecule has 1 rings (SSSR count). The molecule has 1 amide bonds. The van der Waals surface area contributed by atoms with E-state index in [-0.39, 0.29) is 16.9 Å². The minimum absolute atomic E-state index is 0.0724. The fraction of sp³-hybridized carbons (Fsp3) is 0.929. The predicted molar refractivity (Wildman–Crippen MR) is 76.9 cm³/mol. The molecule has 1 saturated heterocycles. The highest BCUT2D eigenvalue weighted by Gasteiger charge is 2.31. The van der Waals surface area contributed by atoms with Crippen LogP contribution in [0.5, 0.6) is 0 Å². The van der Waals surface area contributed by atoms with Crippen LogP contribution < -0.4 is 11.1 Å². The summed E-state index contributed by atoms with van der Waals surface area (Å²) in [6.07, 6.45) is 0. The van der Waals surface area contributed by atoms with Gasteiger partial charge in [-0.05, 0) is 19.3 Å². The van der Waals surface area contributed by atoms with Crippen molar-refractivity contribution in [2.45, 2.75) is 46.2 Å². The number of amides is 1. The van der Waals surface area contributed by atoms with Crippen molar-refractivity contribution in [1.29, 1.82) is 0 Å². The molecular weight excluding hydrogens is 242 g/mol. The van der Waals surface area contributed by atoms with Crippen molar-refractivity contribution in [3.05, 3.63) is 0 Å². The summed E-state index contributed by atoms with van der Waals surface area (Å²) in [7, 11) is 0. The molecule has 1 atom stereocenters. The van der Waals surface area contributed by atoms with E-state index in [9.17, 15) is 4.79 Å². The molecular formula is C14H29N3O2. The van der Waals surface area contributed by atoms with E-state index < -0.39 is 6.04 Å². The van der Waals surface area contributed by atoms with E-state index in [1.807, 2.05) is 20.8 Å². The number of carbonyl (C=O) groups is 1. The third kappa shape index (κ3) is 4.75. The van der Waals surface area contributed by atoms with Gasteiger partial charge in [0.25, 0.3) is 0 Å². The van der Waals surface area contributed by atoms with Gasteiger partial charge in [-0.25, -0.2) is 0 Å². The number of hydrogen-bond donors (Lipinski definition) is 2. The van der Waals surface area contributed by atoms with E-state index in [0.29, 0.717) is 6.54 Å². The van der Waals surface area contributed by atoms with Crippen molar-refractivity contribution >= 4 is 5.91 Å². The van der Waals surface area contributed by atoms with E-state index in [2.05, 4.69) is 24.1 Å². The van der Waals surface area contributed by atoms with Crippen LogP contribution in [0.2, 0.25) is 0 Å². The third-order valence-electron chi connectivity index (χ3n) is 3.78. The predicted octanol–water partition coefficient (Wildman–Crippen LogP) is 0.587. The number of nitrogens with one attached hydrogen (secondary N) is 1. The van der Waals surface area contributed by atoms with Crippen LogP contribution in [0, 0.1) is 5.41 Å². The molecule has 1 aliphatic heterocycles. The maximum atomic E-state index is 12.0. The zero-order valence-electron chi connectivity index (χ0n) is 13.0. The molecule has 1 unspecified atom stereocenters. The van der Waals surface area contributed by atoms with Gasteiger partial charge in [0.2, 0.25) is 5.91 Å². The average molecular weight is 271 g/mol. The molecule has 5 nitrogen and oxygen atoms in total. The van der Waals surface area contributed by atoms with Crippen molar-refractivity contribution in [1.82, 2.24) is 10.2 Å². The Bertz CT molecular complexity index is 304. The van der Waals surface area contributed by atoms with Crippen molar-refractivity contribution in [2.24, 2.45) is 11.1 Å². The molecule has 112 valence electrons. The summed E-state index contributed by atoms with van der Waals surface area (Å²) in [4.78, 5) is 14.4. The van der Waals surface area contributed by atoms with Crippen LogP contribution in [-0.2, 0) is 9.53 Å². The number of morpholine rings is 1. The number of nitrogens with zero attached hydrogens (tertiary/aromatic N) is 1. The highest BCUT2D eigenvalue weighted by Crippen LogP contribution is 2.18. The van der Waals surface area contributed by atoms with Crippen LogP contribution >= 0.6 is 0 Å². The Hall–Kier alpha value is -0.650. The van der Waals surface area contributed by atoms with Gasteiger partial charge >= 0.3 is 0 Å². The van der Waals surface area contributed by atoms with Crippen LogP contribution in [0.15, 0.2) is 0 Å². The summed E-state index contributed by atoms with van der Waals surface area (Å²) < 4.78 is 5.35. The summed E-state index contributed by atoms with van der Waals surface area (Å²) in [5.74, 6) is -0.0752. The smallest absolute Gasteiger partial charge is 0.237 e.